The zero-order chi connectivity index (χ0) is 19.4. The van der Waals surface area contributed by atoms with Gasteiger partial charge in [0.2, 0.25) is 5.91 Å². The molecule has 2 heterocycles. The summed E-state index contributed by atoms with van der Waals surface area (Å²) in [6.45, 7) is 2.25. The molecular formula is C18H25N3O5S. The van der Waals surface area contributed by atoms with Crippen LogP contribution in [0.5, 0.6) is 0 Å². The Kier molecular flexibility index (Phi) is 6.08. The van der Waals surface area contributed by atoms with Crippen LogP contribution in [0, 0.1) is 0 Å². The molecule has 0 bridgehead atoms. The summed E-state index contributed by atoms with van der Waals surface area (Å²) in [5.41, 5.74) is -0.777. The number of carbonyl (C=O) groups is 4. The van der Waals surface area contributed by atoms with Crippen molar-refractivity contribution in [3.05, 3.63) is 11.1 Å². The molecule has 148 valence electrons. The van der Waals surface area contributed by atoms with Crippen LogP contribution in [0.4, 0.5) is 4.79 Å². The van der Waals surface area contributed by atoms with Crippen molar-refractivity contribution < 1.29 is 23.9 Å². The lowest BCUT2D eigenvalue weighted by Gasteiger charge is -2.25. The Morgan fingerprint density at radius 2 is 1.81 bits per heavy atom. The maximum absolute atomic E-state index is 12.9. The largest absolute Gasteiger partial charge is 0.463 e. The average Bonchev–Trinajstić information content (AvgIpc) is 2.96. The molecule has 1 spiro atoms. The van der Waals surface area contributed by atoms with Crippen LogP contribution in [0.1, 0.15) is 45.4 Å². The molecule has 3 rings (SSSR count). The quantitative estimate of drug-likeness (QED) is 0.432. The Balaban J connectivity index is 1.66. The fraction of sp³-hybridized carbons (Fsp3) is 0.667. The molecule has 3 fully saturated rings. The summed E-state index contributed by atoms with van der Waals surface area (Å²) < 4.78 is 4.89. The van der Waals surface area contributed by atoms with Crippen molar-refractivity contribution in [3.8, 4) is 0 Å². The standard InChI is InChI=1S/C18H25N3O5S/c1-2-26-15(23)11-14-20(13(22)12-27-14)9-10-21-16(24)18(19-17(21)25)7-5-3-4-6-8-18/h11H,2-10,12H2,1H3,(H,19,25)/b14-11-. The molecular weight excluding hydrogens is 370 g/mol. The highest BCUT2D eigenvalue weighted by Gasteiger charge is 2.50. The van der Waals surface area contributed by atoms with E-state index in [1.807, 2.05) is 0 Å². The van der Waals surface area contributed by atoms with Gasteiger partial charge in [-0.15, -0.1) is 0 Å². The van der Waals surface area contributed by atoms with Crippen LogP contribution in [0.15, 0.2) is 11.1 Å². The monoisotopic (exact) mass is 395 g/mol. The highest BCUT2D eigenvalue weighted by atomic mass is 32.2. The number of nitrogens with one attached hydrogen (secondary N) is 1. The van der Waals surface area contributed by atoms with E-state index in [0.29, 0.717) is 17.9 Å². The van der Waals surface area contributed by atoms with E-state index in [0.717, 1.165) is 25.7 Å². The van der Waals surface area contributed by atoms with Gasteiger partial charge < -0.3 is 15.0 Å². The van der Waals surface area contributed by atoms with E-state index < -0.39 is 17.5 Å². The van der Waals surface area contributed by atoms with Gasteiger partial charge in [-0.1, -0.05) is 37.4 Å². The molecule has 2 saturated heterocycles. The summed E-state index contributed by atoms with van der Waals surface area (Å²) in [5, 5.41) is 3.39. The molecule has 8 nitrogen and oxygen atoms in total. The number of carbonyl (C=O) groups excluding carboxylic acids is 4. The minimum Gasteiger partial charge on any atom is -0.463 e. The van der Waals surface area contributed by atoms with Crippen molar-refractivity contribution in [3.63, 3.8) is 0 Å². The maximum Gasteiger partial charge on any atom is 0.333 e. The fourth-order valence-electron chi connectivity index (χ4n) is 3.80. The minimum atomic E-state index is -0.777. The predicted octanol–water partition coefficient (Wildman–Crippen LogP) is 1.61. The van der Waals surface area contributed by atoms with E-state index in [9.17, 15) is 19.2 Å². The normalized spacial score (nSPS) is 23.9. The molecule has 0 aromatic rings. The smallest absolute Gasteiger partial charge is 0.333 e. The van der Waals surface area contributed by atoms with Gasteiger partial charge in [0.25, 0.3) is 5.91 Å². The number of amides is 4. The molecule has 2 aliphatic heterocycles. The van der Waals surface area contributed by atoms with E-state index in [2.05, 4.69) is 5.32 Å². The molecule has 9 heteroatoms. The molecule has 0 aromatic heterocycles. The van der Waals surface area contributed by atoms with Crippen LogP contribution in [0.3, 0.4) is 0 Å². The van der Waals surface area contributed by atoms with Gasteiger partial charge in [-0.3, -0.25) is 14.5 Å². The molecule has 0 unspecified atom stereocenters. The van der Waals surface area contributed by atoms with Crippen LogP contribution < -0.4 is 5.32 Å². The molecule has 1 N–H and O–H groups in total. The third-order valence-electron chi connectivity index (χ3n) is 5.19. The summed E-state index contributed by atoms with van der Waals surface area (Å²) >= 11 is 1.25. The predicted molar refractivity (Wildman–Crippen MR) is 99.6 cm³/mol. The van der Waals surface area contributed by atoms with Gasteiger partial charge in [0, 0.05) is 13.1 Å². The first-order valence-electron chi connectivity index (χ1n) is 9.42. The molecule has 1 aliphatic carbocycles. The highest BCUT2D eigenvalue weighted by Crippen LogP contribution is 2.33. The molecule has 0 radical (unpaired) electrons. The number of rotatable bonds is 5. The Morgan fingerprint density at radius 1 is 1.15 bits per heavy atom. The first-order valence-corrected chi connectivity index (χ1v) is 10.4. The Bertz CT molecular complexity index is 670. The zero-order valence-electron chi connectivity index (χ0n) is 15.5. The summed E-state index contributed by atoms with van der Waals surface area (Å²) in [6, 6.07) is -0.392. The van der Waals surface area contributed by atoms with Gasteiger partial charge in [-0.2, -0.15) is 0 Å². The molecule has 3 aliphatic rings. The summed E-state index contributed by atoms with van der Waals surface area (Å²) in [4.78, 5) is 51.8. The minimum absolute atomic E-state index is 0.110. The SMILES string of the molecule is CCOC(=O)/C=C1\SCC(=O)N1CCN1C(=O)NC2(CCCCCC2)C1=O. The number of hydrogen-bond acceptors (Lipinski definition) is 6. The summed E-state index contributed by atoms with van der Waals surface area (Å²) in [5.74, 6) is -0.613. The summed E-state index contributed by atoms with van der Waals surface area (Å²) in [7, 11) is 0. The Hall–Kier alpha value is -2.03. The van der Waals surface area contributed by atoms with E-state index in [1.54, 1.807) is 6.92 Å². The lowest BCUT2D eigenvalue weighted by atomic mass is 9.90. The first kappa shape index (κ1) is 19.7. The van der Waals surface area contributed by atoms with E-state index in [1.165, 1.54) is 27.6 Å². The number of nitrogens with zero attached hydrogens (tertiary/aromatic N) is 2. The second-order valence-corrected chi connectivity index (χ2v) is 7.95. The lowest BCUT2D eigenvalue weighted by molar-refractivity contribution is -0.137. The average molecular weight is 395 g/mol. The fourth-order valence-corrected chi connectivity index (χ4v) is 4.76. The van der Waals surface area contributed by atoms with Gasteiger partial charge in [0.1, 0.15) is 5.54 Å². The third kappa shape index (κ3) is 4.12. The lowest BCUT2D eigenvalue weighted by Crippen LogP contribution is -2.47. The number of thioether (sulfide) groups is 1. The Labute approximate surface area is 162 Å². The second kappa shape index (κ2) is 8.33. The van der Waals surface area contributed by atoms with Crippen LogP contribution in [0.25, 0.3) is 0 Å². The zero-order valence-corrected chi connectivity index (χ0v) is 16.3. The van der Waals surface area contributed by atoms with Crippen molar-refractivity contribution in [1.29, 1.82) is 0 Å². The second-order valence-electron chi connectivity index (χ2n) is 6.95. The number of esters is 1. The number of imide groups is 1. The van der Waals surface area contributed by atoms with Crippen molar-refractivity contribution in [1.82, 2.24) is 15.1 Å². The van der Waals surface area contributed by atoms with E-state index in [4.69, 9.17) is 4.74 Å². The van der Waals surface area contributed by atoms with Gasteiger partial charge in [-0.05, 0) is 19.8 Å². The topological polar surface area (TPSA) is 96.0 Å². The van der Waals surface area contributed by atoms with Gasteiger partial charge in [0.15, 0.2) is 0 Å². The van der Waals surface area contributed by atoms with Crippen molar-refractivity contribution in [2.45, 2.75) is 51.0 Å². The molecule has 0 atom stereocenters. The first-order chi connectivity index (χ1) is 13.0. The van der Waals surface area contributed by atoms with Crippen LogP contribution in [0.2, 0.25) is 0 Å². The van der Waals surface area contributed by atoms with E-state index in [-0.39, 0.29) is 37.3 Å². The summed E-state index contributed by atoms with van der Waals surface area (Å²) in [6.07, 6.45) is 6.62. The maximum atomic E-state index is 12.9. The Morgan fingerprint density at radius 3 is 2.48 bits per heavy atom. The number of ether oxygens (including phenoxy) is 1. The van der Waals surface area contributed by atoms with Crippen molar-refractivity contribution in [2.24, 2.45) is 0 Å². The molecule has 4 amide bonds. The number of urea groups is 1. The van der Waals surface area contributed by atoms with Gasteiger partial charge in [-0.25, -0.2) is 9.59 Å². The van der Waals surface area contributed by atoms with Gasteiger partial charge >= 0.3 is 12.0 Å². The van der Waals surface area contributed by atoms with Crippen molar-refractivity contribution >= 4 is 35.6 Å². The van der Waals surface area contributed by atoms with Crippen LogP contribution in [-0.2, 0) is 19.1 Å². The van der Waals surface area contributed by atoms with Crippen molar-refractivity contribution in [2.75, 3.05) is 25.4 Å². The van der Waals surface area contributed by atoms with Crippen LogP contribution in [-0.4, -0.2) is 64.6 Å². The third-order valence-corrected chi connectivity index (χ3v) is 6.21. The molecule has 0 aromatic carbocycles. The van der Waals surface area contributed by atoms with Crippen LogP contribution >= 0.6 is 11.8 Å². The van der Waals surface area contributed by atoms with Gasteiger partial charge in [0.05, 0.1) is 23.5 Å². The molecule has 1 saturated carbocycles. The molecule has 27 heavy (non-hydrogen) atoms. The van der Waals surface area contributed by atoms with E-state index >= 15 is 0 Å². The highest BCUT2D eigenvalue weighted by molar-refractivity contribution is 8.04. The number of hydrogen-bond donors (Lipinski definition) is 1.